The Labute approximate surface area is 127 Å². The predicted molar refractivity (Wildman–Crippen MR) is 85.5 cm³/mol. The number of hydrogen-bond acceptors (Lipinski definition) is 3. The van der Waals surface area contributed by atoms with Crippen molar-refractivity contribution in [2.45, 2.75) is 11.8 Å². The number of nitrogens with two attached hydrogens (primary N) is 1. The minimum absolute atomic E-state index is 0.117. The molecule has 2 aromatic carbocycles. The maximum Gasteiger partial charge on any atom is 0.249 e. The molecular formula is C16H16N2O2S. The fourth-order valence-corrected chi connectivity index (χ4v) is 2.61. The molecule has 21 heavy (non-hydrogen) atoms. The van der Waals surface area contributed by atoms with Gasteiger partial charge in [0.1, 0.15) is 0 Å². The van der Waals surface area contributed by atoms with Crippen molar-refractivity contribution in [1.29, 1.82) is 0 Å². The van der Waals surface area contributed by atoms with E-state index in [0.29, 0.717) is 22.6 Å². The molecule has 2 aromatic rings. The standard InChI is InChI=1S/C16H16N2O2S/c1-11-13(16(17)20)8-5-9-14(11)18-15(19)10-21-12-6-3-2-4-7-12/h2-9H,10H2,1H3,(H2,17,20)(H,18,19). The Hall–Kier alpha value is -2.27. The molecule has 0 saturated carbocycles. The number of rotatable bonds is 5. The number of benzene rings is 2. The second-order valence-electron chi connectivity index (χ2n) is 4.49. The molecule has 3 N–H and O–H groups in total. The first-order valence-corrected chi connectivity index (χ1v) is 7.43. The lowest BCUT2D eigenvalue weighted by atomic mass is 10.1. The van der Waals surface area contributed by atoms with E-state index in [1.54, 1.807) is 25.1 Å². The minimum atomic E-state index is -0.498. The Bertz CT molecular complexity index is 657. The summed E-state index contributed by atoms with van der Waals surface area (Å²) in [5.74, 6) is -0.305. The Morgan fingerprint density at radius 2 is 1.81 bits per heavy atom. The lowest BCUT2D eigenvalue weighted by molar-refractivity contribution is -0.113. The number of amides is 2. The molecule has 2 rings (SSSR count). The number of carbonyl (C=O) groups is 2. The lowest BCUT2D eigenvalue weighted by Crippen LogP contribution is -2.17. The van der Waals surface area contributed by atoms with E-state index < -0.39 is 5.91 Å². The molecule has 0 aliphatic carbocycles. The van der Waals surface area contributed by atoms with Crippen molar-refractivity contribution in [3.63, 3.8) is 0 Å². The fraction of sp³-hybridized carbons (Fsp3) is 0.125. The van der Waals surface area contributed by atoms with E-state index in [1.165, 1.54) is 11.8 Å². The van der Waals surface area contributed by atoms with E-state index in [9.17, 15) is 9.59 Å². The van der Waals surface area contributed by atoms with Crippen LogP contribution in [-0.4, -0.2) is 17.6 Å². The molecule has 5 heteroatoms. The van der Waals surface area contributed by atoms with Crippen LogP contribution in [0.3, 0.4) is 0 Å². The van der Waals surface area contributed by atoms with Gasteiger partial charge in [0.05, 0.1) is 5.75 Å². The van der Waals surface area contributed by atoms with Crippen molar-refractivity contribution in [2.75, 3.05) is 11.1 Å². The third-order valence-electron chi connectivity index (χ3n) is 2.99. The molecule has 0 unspecified atom stereocenters. The van der Waals surface area contributed by atoms with Crippen LogP contribution < -0.4 is 11.1 Å². The van der Waals surface area contributed by atoms with E-state index in [2.05, 4.69) is 5.32 Å². The number of hydrogen-bond donors (Lipinski definition) is 2. The molecule has 0 aliphatic rings. The van der Waals surface area contributed by atoms with Crippen LogP contribution in [0.4, 0.5) is 5.69 Å². The van der Waals surface area contributed by atoms with Gasteiger partial charge in [-0.1, -0.05) is 24.3 Å². The van der Waals surface area contributed by atoms with Gasteiger partial charge in [-0.15, -0.1) is 11.8 Å². The summed E-state index contributed by atoms with van der Waals surface area (Å²) in [7, 11) is 0. The van der Waals surface area contributed by atoms with Gasteiger partial charge >= 0.3 is 0 Å². The van der Waals surface area contributed by atoms with Crippen molar-refractivity contribution in [2.24, 2.45) is 5.73 Å². The largest absolute Gasteiger partial charge is 0.366 e. The molecule has 0 radical (unpaired) electrons. The molecule has 108 valence electrons. The number of carbonyl (C=O) groups excluding carboxylic acids is 2. The average Bonchev–Trinajstić information content (AvgIpc) is 2.48. The summed E-state index contributed by atoms with van der Waals surface area (Å²) in [4.78, 5) is 24.3. The third-order valence-corrected chi connectivity index (χ3v) is 4.00. The summed E-state index contributed by atoms with van der Waals surface area (Å²) >= 11 is 1.46. The SMILES string of the molecule is Cc1c(NC(=O)CSc2ccccc2)cccc1C(N)=O. The summed E-state index contributed by atoms with van der Waals surface area (Å²) in [6.45, 7) is 1.76. The monoisotopic (exact) mass is 300 g/mol. The molecule has 0 atom stereocenters. The van der Waals surface area contributed by atoms with Crippen LogP contribution in [0.5, 0.6) is 0 Å². The van der Waals surface area contributed by atoms with E-state index >= 15 is 0 Å². The second-order valence-corrected chi connectivity index (χ2v) is 5.54. The van der Waals surface area contributed by atoms with Crippen LogP contribution in [-0.2, 0) is 4.79 Å². The van der Waals surface area contributed by atoms with Gasteiger partial charge in [0.2, 0.25) is 11.8 Å². The van der Waals surface area contributed by atoms with Crippen molar-refractivity contribution in [3.05, 3.63) is 59.7 Å². The van der Waals surface area contributed by atoms with Crippen LogP contribution in [0.2, 0.25) is 0 Å². The Morgan fingerprint density at radius 1 is 1.10 bits per heavy atom. The summed E-state index contributed by atoms with van der Waals surface area (Å²) in [5, 5.41) is 2.81. The zero-order chi connectivity index (χ0) is 15.2. The first kappa shape index (κ1) is 15.1. The molecular weight excluding hydrogens is 284 g/mol. The molecule has 0 saturated heterocycles. The van der Waals surface area contributed by atoms with E-state index in [0.717, 1.165) is 4.90 Å². The number of primary amides is 1. The highest BCUT2D eigenvalue weighted by molar-refractivity contribution is 8.00. The quantitative estimate of drug-likeness (QED) is 0.834. The summed E-state index contributed by atoms with van der Waals surface area (Å²) in [6.07, 6.45) is 0. The molecule has 2 amide bonds. The predicted octanol–water partition coefficient (Wildman–Crippen LogP) is 2.82. The van der Waals surface area contributed by atoms with Gasteiger partial charge in [0.25, 0.3) is 0 Å². The van der Waals surface area contributed by atoms with Crippen LogP contribution in [0.15, 0.2) is 53.4 Å². The van der Waals surface area contributed by atoms with Crippen LogP contribution in [0, 0.1) is 6.92 Å². The molecule has 0 heterocycles. The number of nitrogens with one attached hydrogen (secondary N) is 1. The normalized spacial score (nSPS) is 10.1. The highest BCUT2D eigenvalue weighted by atomic mass is 32.2. The summed E-state index contributed by atoms with van der Waals surface area (Å²) in [6, 6.07) is 14.8. The minimum Gasteiger partial charge on any atom is -0.366 e. The number of thioether (sulfide) groups is 1. The summed E-state index contributed by atoms with van der Waals surface area (Å²) < 4.78 is 0. The van der Waals surface area contributed by atoms with Gasteiger partial charge in [-0.2, -0.15) is 0 Å². The molecule has 0 spiro atoms. The van der Waals surface area contributed by atoms with Gasteiger partial charge in [-0.25, -0.2) is 0 Å². The first-order chi connectivity index (χ1) is 10.1. The second kappa shape index (κ2) is 6.95. The van der Waals surface area contributed by atoms with E-state index in [1.807, 2.05) is 30.3 Å². The van der Waals surface area contributed by atoms with Gasteiger partial charge in [-0.3, -0.25) is 9.59 Å². The summed E-state index contributed by atoms with van der Waals surface area (Å²) in [5.41, 5.74) is 7.01. The molecule has 0 aromatic heterocycles. The van der Waals surface area contributed by atoms with Gasteiger partial charge in [-0.05, 0) is 36.8 Å². The maximum atomic E-state index is 12.0. The highest BCUT2D eigenvalue weighted by Crippen LogP contribution is 2.20. The Balaban J connectivity index is 2.00. The van der Waals surface area contributed by atoms with Crippen molar-refractivity contribution in [3.8, 4) is 0 Å². The highest BCUT2D eigenvalue weighted by Gasteiger charge is 2.10. The van der Waals surface area contributed by atoms with Gasteiger partial charge < -0.3 is 11.1 Å². The van der Waals surface area contributed by atoms with Crippen molar-refractivity contribution in [1.82, 2.24) is 0 Å². The van der Waals surface area contributed by atoms with Crippen LogP contribution >= 0.6 is 11.8 Å². The zero-order valence-electron chi connectivity index (χ0n) is 11.6. The van der Waals surface area contributed by atoms with Crippen molar-refractivity contribution >= 4 is 29.3 Å². The third kappa shape index (κ3) is 4.10. The van der Waals surface area contributed by atoms with Crippen LogP contribution in [0.25, 0.3) is 0 Å². The van der Waals surface area contributed by atoms with E-state index in [4.69, 9.17) is 5.73 Å². The lowest BCUT2D eigenvalue weighted by Gasteiger charge is -2.10. The molecule has 0 bridgehead atoms. The Kier molecular flexibility index (Phi) is 5.00. The average molecular weight is 300 g/mol. The smallest absolute Gasteiger partial charge is 0.249 e. The van der Waals surface area contributed by atoms with Gasteiger partial charge in [0, 0.05) is 16.1 Å². The van der Waals surface area contributed by atoms with Gasteiger partial charge in [0.15, 0.2) is 0 Å². The molecule has 0 aliphatic heterocycles. The number of anilines is 1. The topological polar surface area (TPSA) is 72.2 Å². The molecule has 4 nitrogen and oxygen atoms in total. The maximum absolute atomic E-state index is 12.0. The van der Waals surface area contributed by atoms with Crippen LogP contribution in [0.1, 0.15) is 15.9 Å². The zero-order valence-corrected chi connectivity index (χ0v) is 12.4. The Morgan fingerprint density at radius 3 is 2.48 bits per heavy atom. The van der Waals surface area contributed by atoms with E-state index in [-0.39, 0.29) is 5.91 Å². The first-order valence-electron chi connectivity index (χ1n) is 6.45. The molecule has 0 fully saturated rings. The fourth-order valence-electron chi connectivity index (χ4n) is 1.89. The van der Waals surface area contributed by atoms with Crippen molar-refractivity contribution < 1.29 is 9.59 Å².